The molecule has 0 spiro atoms. The minimum atomic E-state index is -0.0808. The van der Waals surface area contributed by atoms with Crippen LogP contribution in [-0.4, -0.2) is 49.1 Å². The second-order valence-corrected chi connectivity index (χ2v) is 7.22. The normalized spacial score (nSPS) is 13.6. The molecule has 3 rings (SSSR count). The average Bonchev–Trinajstić information content (AvgIpc) is 3.20. The first-order valence-corrected chi connectivity index (χ1v) is 9.40. The Morgan fingerprint density at radius 1 is 1.21 bits per heavy atom. The number of nitrogens with one attached hydrogen (secondary N) is 2. The Bertz CT molecular complexity index is 762. The van der Waals surface area contributed by atoms with Gasteiger partial charge in [0.1, 0.15) is 13.2 Å². The molecular formula is C20H30IN5O2. The molecule has 1 aliphatic heterocycles. The van der Waals surface area contributed by atoms with Crippen LogP contribution in [-0.2, 0) is 12.0 Å². The van der Waals surface area contributed by atoms with Crippen LogP contribution >= 0.6 is 24.0 Å². The van der Waals surface area contributed by atoms with Crippen LogP contribution in [0.15, 0.2) is 41.7 Å². The van der Waals surface area contributed by atoms with E-state index in [2.05, 4.69) is 46.7 Å². The van der Waals surface area contributed by atoms with Gasteiger partial charge in [0.05, 0.1) is 0 Å². The van der Waals surface area contributed by atoms with E-state index in [9.17, 15) is 0 Å². The number of ether oxygens (including phenoxy) is 2. The van der Waals surface area contributed by atoms with Crippen molar-refractivity contribution in [2.45, 2.75) is 32.2 Å². The second-order valence-electron chi connectivity index (χ2n) is 7.22. The standard InChI is InChI=1S/C20H29N5O2.HI/c1-20(2,16-6-7-17-18(14-16)27-13-12-26-17)15-23-19(21-3)22-8-4-10-25-11-5-9-24-25;/h5-7,9,11,14H,4,8,10,12-13,15H2,1-3H3,(H2,21,22,23);1H. The molecule has 0 bridgehead atoms. The second kappa shape index (κ2) is 10.5. The number of rotatable bonds is 7. The summed E-state index contributed by atoms with van der Waals surface area (Å²) in [5.41, 5.74) is 1.12. The predicted molar refractivity (Wildman–Crippen MR) is 122 cm³/mol. The number of guanidine groups is 1. The van der Waals surface area contributed by atoms with E-state index < -0.39 is 0 Å². The van der Waals surface area contributed by atoms with Gasteiger partial charge in [-0.05, 0) is 30.2 Å². The monoisotopic (exact) mass is 499 g/mol. The molecule has 0 saturated heterocycles. The minimum absolute atomic E-state index is 0. The molecule has 0 saturated carbocycles. The lowest BCUT2D eigenvalue weighted by atomic mass is 9.84. The Morgan fingerprint density at radius 3 is 2.71 bits per heavy atom. The topological polar surface area (TPSA) is 72.7 Å². The van der Waals surface area contributed by atoms with Crippen LogP contribution in [0.3, 0.4) is 0 Å². The summed E-state index contributed by atoms with van der Waals surface area (Å²) in [6.07, 6.45) is 4.75. The average molecular weight is 499 g/mol. The van der Waals surface area contributed by atoms with E-state index in [1.807, 2.05) is 23.0 Å². The number of halogens is 1. The summed E-state index contributed by atoms with van der Waals surface area (Å²) in [5, 5.41) is 11.0. The number of aromatic nitrogens is 2. The van der Waals surface area contributed by atoms with Gasteiger partial charge in [-0.15, -0.1) is 24.0 Å². The predicted octanol–water partition coefficient (Wildman–Crippen LogP) is 2.81. The first-order valence-electron chi connectivity index (χ1n) is 9.40. The largest absolute Gasteiger partial charge is 0.486 e. The van der Waals surface area contributed by atoms with Gasteiger partial charge < -0.3 is 20.1 Å². The van der Waals surface area contributed by atoms with Gasteiger partial charge in [-0.2, -0.15) is 5.10 Å². The molecule has 0 fully saturated rings. The minimum Gasteiger partial charge on any atom is -0.486 e. The quantitative estimate of drug-likeness (QED) is 0.266. The van der Waals surface area contributed by atoms with Crippen molar-refractivity contribution in [2.75, 3.05) is 33.4 Å². The molecule has 0 amide bonds. The van der Waals surface area contributed by atoms with Gasteiger partial charge >= 0.3 is 0 Å². The van der Waals surface area contributed by atoms with Crippen molar-refractivity contribution in [3.05, 3.63) is 42.2 Å². The highest BCUT2D eigenvalue weighted by Gasteiger charge is 2.23. The lowest BCUT2D eigenvalue weighted by molar-refractivity contribution is 0.171. The van der Waals surface area contributed by atoms with Crippen LogP contribution in [0.25, 0.3) is 0 Å². The Hall–Kier alpha value is -1.97. The Balaban J connectivity index is 0.00000280. The van der Waals surface area contributed by atoms with Crippen molar-refractivity contribution in [3.8, 4) is 11.5 Å². The fraction of sp³-hybridized carbons (Fsp3) is 0.500. The van der Waals surface area contributed by atoms with Crippen molar-refractivity contribution in [2.24, 2.45) is 4.99 Å². The smallest absolute Gasteiger partial charge is 0.191 e. The van der Waals surface area contributed by atoms with Gasteiger partial charge in [0, 0.05) is 44.5 Å². The lowest BCUT2D eigenvalue weighted by Crippen LogP contribution is -2.43. The van der Waals surface area contributed by atoms with Crippen molar-refractivity contribution in [3.63, 3.8) is 0 Å². The molecule has 2 N–H and O–H groups in total. The third-order valence-electron chi connectivity index (χ3n) is 4.66. The van der Waals surface area contributed by atoms with Gasteiger partial charge in [0.15, 0.2) is 17.5 Å². The summed E-state index contributed by atoms with van der Waals surface area (Å²) in [5.74, 6) is 2.46. The molecule has 7 nitrogen and oxygen atoms in total. The number of benzene rings is 1. The third-order valence-corrected chi connectivity index (χ3v) is 4.66. The van der Waals surface area contributed by atoms with Crippen LogP contribution in [0, 0.1) is 0 Å². The number of aryl methyl sites for hydroxylation is 1. The molecule has 0 radical (unpaired) electrons. The van der Waals surface area contributed by atoms with E-state index >= 15 is 0 Å². The molecule has 1 aromatic carbocycles. The maximum atomic E-state index is 5.71. The highest BCUT2D eigenvalue weighted by molar-refractivity contribution is 14.0. The maximum absolute atomic E-state index is 5.71. The van der Waals surface area contributed by atoms with Gasteiger partial charge in [-0.3, -0.25) is 9.67 Å². The van der Waals surface area contributed by atoms with E-state index in [1.165, 1.54) is 5.56 Å². The summed E-state index contributed by atoms with van der Waals surface area (Å²) in [6, 6.07) is 8.12. The van der Waals surface area contributed by atoms with Crippen molar-refractivity contribution >= 4 is 29.9 Å². The molecule has 28 heavy (non-hydrogen) atoms. The molecule has 0 unspecified atom stereocenters. The van der Waals surface area contributed by atoms with E-state index in [4.69, 9.17) is 9.47 Å². The van der Waals surface area contributed by atoms with Crippen LogP contribution in [0.2, 0.25) is 0 Å². The molecule has 0 atom stereocenters. The van der Waals surface area contributed by atoms with Gasteiger partial charge in [-0.25, -0.2) is 0 Å². The molecule has 0 aliphatic carbocycles. The highest BCUT2D eigenvalue weighted by Crippen LogP contribution is 2.34. The molecular weight excluding hydrogens is 469 g/mol. The summed E-state index contributed by atoms with van der Waals surface area (Å²) in [6.45, 7) is 8.10. The molecule has 2 aromatic rings. The summed E-state index contributed by atoms with van der Waals surface area (Å²) in [7, 11) is 1.79. The van der Waals surface area contributed by atoms with E-state index in [0.717, 1.165) is 43.5 Å². The first kappa shape index (κ1) is 22.3. The number of hydrogen-bond acceptors (Lipinski definition) is 4. The summed E-state index contributed by atoms with van der Waals surface area (Å²) >= 11 is 0. The van der Waals surface area contributed by atoms with Crippen molar-refractivity contribution < 1.29 is 9.47 Å². The van der Waals surface area contributed by atoms with Crippen LogP contribution in [0.1, 0.15) is 25.8 Å². The SMILES string of the molecule is CN=C(NCCCn1cccn1)NCC(C)(C)c1ccc2c(c1)OCCO2.I. The fourth-order valence-electron chi connectivity index (χ4n) is 2.97. The molecule has 2 heterocycles. The van der Waals surface area contributed by atoms with Crippen LogP contribution in [0.4, 0.5) is 0 Å². The third kappa shape index (κ3) is 6.02. The Labute approximate surface area is 183 Å². The lowest BCUT2D eigenvalue weighted by Gasteiger charge is -2.28. The van der Waals surface area contributed by atoms with E-state index in [-0.39, 0.29) is 29.4 Å². The number of hydrogen-bond donors (Lipinski definition) is 2. The summed E-state index contributed by atoms with van der Waals surface area (Å²) in [4.78, 5) is 4.32. The van der Waals surface area contributed by atoms with Crippen molar-refractivity contribution in [1.29, 1.82) is 0 Å². The van der Waals surface area contributed by atoms with Gasteiger partial charge in [0.2, 0.25) is 0 Å². The number of fused-ring (bicyclic) bond motifs is 1. The Kier molecular flexibility index (Phi) is 8.40. The van der Waals surface area contributed by atoms with Gasteiger partial charge in [-0.1, -0.05) is 19.9 Å². The van der Waals surface area contributed by atoms with Crippen LogP contribution in [0.5, 0.6) is 11.5 Å². The molecule has 1 aromatic heterocycles. The zero-order chi connectivity index (χ0) is 19.1. The number of aliphatic imine (C=N–C) groups is 1. The maximum Gasteiger partial charge on any atom is 0.191 e. The summed E-state index contributed by atoms with van der Waals surface area (Å²) < 4.78 is 13.3. The highest BCUT2D eigenvalue weighted by atomic mass is 127. The molecule has 154 valence electrons. The Morgan fingerprint density at radius 2 is 2.00 bits per heavy atom. The molecule has 8 heteroatoms. The van der Waals surface area contributed by atoms with E-state index in [0.29, 0.717) is 13.2 Å². The van der Waals surface area contributed by atoms with Gasteiger partial charge in [0.25, 0.3) is 0 Å². The zero-order valence-electron chi connectivity index (χ0n) is 16.8. The zero-order valence-corrected chi connectivity index (χ0v) is 19.1. The van der Waals surface area contributed by atoms with Crippen LogP contribution < -0.4 is 20.1 Å². The first-order chi connectivity index (χ1) is 13.1. The number of nitrogens with zero attached hydrogens (tertiary/aromatic N) is 3. The molecule has 1 aliphatic rings. The van der Waals surface area contributed by atoms with Crippen molar-refractivity contribution in [1.82, 2.24) is 20.4 Å². The van der Waals surface area contributed by atoms with E-state index in [1.54, 1.807) is 13.2 Å². The fourth-order valence-corrected chi connectivity index (χ4v) is 2.97.